The van der Waals surface area contributed by atoms with Gasteiger partial charge in [-0.3, -0.25) is 0 Å². The molecule has 23 heavy (non-hydrogen) atoms. The fraction of sp³-hybridized carbons (Fsp3) is 0.700. The van der Waals surface area contributed by atoms with Crippen molar-refractivity contribution in [1.82, 2.24) is 0 Å². The molecule has 0 aliphatic carbocycles. The minimum absolute atomic E-state index is 0.0242. The van der Waals surface area contributed by atoms with Crippen LogP contribution in [-0.4, -0.2) is 20.5 Å². The summed E-state index contributed by atoms with van der Waals surface area (Å²) >= 11 is 0. The molecular formula is C20H35O2P. The standard InChI is InChI=1S/C20H35O2P/c1-15-16(2)18(14-19(23)17(15)3)12-10-8-6-7-9-11-13-20(21-4)22-5/h14,20H,6-13,23H2,1-5H3. The molecule has 0 aliphatic heterocycles. The molecule has 0 aromatic heterocycles. The SMILES string of the molecule is COC(CCCCCCCCc1cc(P)c(C)c(C)c1C)OC. The Labute approximate surface area is 145 Å². The lowest BCUT2D eigenvalue weighted by Gasteiger charge is -2.14. The number of hydrogen-bond donors (Lipinski definition) is 0. The van der Waals surface area contributed by atoms with Crippen molar-refractivity contribution in [3.05, 3.63) is 28.3 Å². The molecule has 0 heterocycles. The molecule has 1 aromatic carbocycles. The van der Waals surface area contributed by atoms with Crippen molar-refractivity contribution >= 4 is 14.5 Å². The molecule has 132 valence electrons. The maximum Gasteiger partial charge on any atom is 0.156 e. The average Bonchev–Trinajstić information content (AvgIpc) is 2.56. The summed E-state index contributed by atoms with van der Waals surface area (Å²) in [6, 6.07) is 2.36. The molecule has 1 rings (SSSR count). The number of ether oxygens (including phenoxy) is 2. The zero-order chi connectivity index (χ0) is 17.2. The van der Waals surface area contributed by atoms with Crippen molar-refractivity contribution in [2.75, 3.05) is 14.2 Å². The molecule has 0 fully saturated rings. The average molecular weight is 338 g/mol. The summed E-state index contributed by atoms with van der Waals surface area (Å²) in [6.07, 6.45) is 9.95. The summed E-state index contributed by atoms with van der Waals surface area (Å²) in [6.45, 7) is 6.73. The van der Waals surface area contributed by atoms with Crippen molar-refractivity contribution in [3.8, 4) is 0 Å². The van der Waals surface area contributed by atoms with E-state index in [0.717, 1.165) is 6.42 Å². The second-order valence-electron chi connectivity index (χ2n) is 6.56. The normalized spacial score (nSPS) is 11.4. The highest BCUT2D eigenvalue weighted by atomic mass is 31.0. The Hall–Kier alpha value is -0.430. The van der Waals surface area contributed by atoms with Crippen LogP contribution in [0.3, 0.4) is 0 Å². The van der Waals surface area contributed by atoms with Crippen LogP contribution in [0.4, 0.5) is 0 Å². The highest BCUT2D eigenvalue weighted by Crippen LogP contribution is 2.20. The third-order valence-corrected chi connectivity index (χ3v) is 5.63. The summed E-state index contributed by atoms with van der Waals surface area (Å²) in [4.78, 5) is 0. The van der Waals surface area contributed by atoms with E-state index in [1.165, 1.54) is 72.5 Å². The van der Waals surface area contributed by atoms with Gasteiger partial charge >= 0.3 is 0 Å². The number of hydrogen-bond acceptors (Lipinski definition) is 2. The molecule has 3 heteroatoms. The van der Waals surface area contributed by atoms with Gasteiger partial charge in [0.15, 0.2) is 6.29 Å². The first-order chi connectivity index (χ1) is 11.0. The van der Waals surface area contributed by atoms with Crippen molar-refractivity contribution in [2.24, 2.45) is 0 Å². The van der Waals surface area contributed by atoms with Crippen LogP contribution in [0.2, 0.25) is 0 Å². The van der Waals surface area contributed by atoms with E-state index in [4.69, 9.17) is 9.47 Å². The Morgan fingerprint density at radius 1 is 0.826 bits per heavy atom. The molecule has 0 N–H and O–H groups in total. The molecule has 2 nitrogen and oxygen atoms in total. The third-order valence-electron chi connectivity index (χ3n) is 5.03. The second kappa shape index (κ2) is 11.2. The molecule has 0 bridgehead atoms. The van der Waals surface area contributed by atoms with Crippen LogP contribution in [-0.2, 0) is 15.9 Å². The summed E-state index contributed by atoms with van der Waals surface area (Å²) in [5.74, 6) is 0. The van der Waals surface area contributed by atoms with Gasteiger partial charge in [-0.2, -0.15) is 0 Å². The first kappa shape index (κ1) is 20.6. The molecule has 0 spiro atoms. The fourth-order valence-corrected chi connectivity index (χ4v) is 3.49. The van der Waals surface area contributed by atoms with E-state index in [0.29, 0.717) is 0 Å². The number of aryl methyl sites for hydroxylation is 1. The van der Waals surface area contributed by atoms with Crippen LogP contribution in [0.5, 0.6) is 0 Å². The molecule has 0 saturated carbocycles. The van der Waals surface area contributed by atoms with E-state index in [-0.39, 0.29) is 6.29 Å². The summed E-state index contributed by atoms with van der Waals surface area (Å²) in [7, 11) is 6.30. The van der Waals surface area contributed by atoms with Gasteiger partial charge in [0.25, 0.3) is 0 Å². The maximum absolute atomic E-state index is 5.21. The van der Waals surface area contributed by atoms with E-state index in [1.54, 1.807) is 14.2 Å². The monoisotopic (exact) mass is 338 g/mol. The molecule has 0 radical (unpaired) electrons. The third kappa shape index (κ3) is 6.91. The van der Waals surface area contributed by atoms with Crippen molar-refractivity contribution in [1.29, 1.82) is 0 Å². The lowest BCUT2D eigenvalue weighted by atomic mass is 9.95. The van der Waals surface area contributed by atoms with Gasteiger partial charge < -0.3 is 9.47 Å². The quantitative estimate of drug-likeness (QED) is 0.321. The van der Waals surface area contributed by atoms with E-state index < -0.39 is 0 Å². The molecule has 0 aliphatic rings. The topological polar surface area (TPSA) is 18.5 Å². The van der Waals surface area contributed by atoms with Gasteiger partial charge in [-0.05, 0) is 74.0 Å². The Bertz CT molecular complexity index is 467. The molecule has 1 aromatic rings. The molecule has 1 unspecified atom stereocenters. The van der Waals surface area contributed by atoms with Crippen LogP contribution in [0.15, 0.2) is 6.07 Å². The highest BCUT2D eigenvalue weighted by Gasteiger charge is 2.07. The first-order valence-electron chi connectivity index (χ1n) is 8.92. The van der Waals surface area contributed by atoms with Gasteiger partial charge in [-0.1, -0.05) is 31.7 Å². The van der Waals surface area contributed by atoms with Gasteiger partial charge in [0.2, 0.25) is 0 Å². The molecule has 0 amide bonds. The Morgan fingerprint density at radius 3 is 2.00 bits per heavy atom. The minimum Gasteiger partial charge on any atom is -0.356 e. The van der Waals surface area contributed by atoms with E-state index in [1.807, 2.05) is 0 Å². The zero-order valence-corrected chi connectivity index (χ0v) is 16.9. The van der Waals surface area contributed by atoms with Gasteiger partial charge in [-0.15, -0.1) is 9.24 Å². The van der Waals surface area contributed by atoms with Crippen LogP contribution in [0.1, 0.15) is 67.2 Å². The molecule has 0 saturated heterocycles. The fourth-order valence-electron chi connectivity index (χ4n) is 3.07. The predicted molar refractivity (Wildman–Crippen MR) is 104 cm³/mol. The van der Waals surface area contributed by atoms with Crippen molar-refractivity contribution in [3.63, 3.8) is 0 Å². The molecule has 1 atom stereocenters. The van der Waals surface area contributed by atoms with Crippen molar-refractivity contribution in [2.45, 2.75) is 78.4 Å². The van der Waals surface area contributed by atoms with E-state index in [9.17, 15) is 0 Å². The predicted octanol–water partition coefficient (Wildman–Crippen LogP) is 5.00. The summed E-state index contributed by atoms with van der Waals surface area (Å²) in [5, 5.41) is 1.36. The second-order valence-corrected chi connectivity index (χ2v) is 7.18. The van der Waals surface area contributed by atoms with Crippen LogP contribution >= 0.6 is 9.24 Å². The maximum atomic E-state index is 5.21. The lowest BCUT2D eigenvalue weighted by Crippen LogP contribution is -2.12. The van der Waals surface area contributed by atoms with Gasteiger partial charge in [0.1, 0.15) is 0 Å². The Balaban J connectivity index is 2.19. The van der Waals surface area contributed by atoms with E-state index >= 15 is 0 Å². The number of benzene rings is 1. The number of methoxy groups -OCH3 is 2. The first-order valence-corrected chi connectivity index (χ1v) is 9.49. The largest absolute Gasteiger partial charge is 0.356 e. The van der Waals surface area contributed by atoms with Gasteiger partial charge in [-0.25, -0.2) is 0 Å². The number of unbranched alkanes of at least 4 members (excludes halogenated alkanes) is 5. The van der Waals surface area contributed by atoms with Crippen LogP contribution in [0.25, 0.3) is 0 Å². The summed E-state index contributed by atoms with van der Waals surface area (Å²) < 4.78 is 10.4. The van der Waals surface area contributed by atoms with Crippen LogP contribution < -0.4 is 5.30 Å². The zero-order valence-electron chi connectivity index (χ0n) is 15.7. The Kier molecular flexibility index (Phi) is 10.0. The van der Waals surface area contributed by atoms with Gasteiger partial charge in [0, 0.05) is 14.2 Å². The molecular weight excluding hydrogens is 303 g/mol. The smallest absolute Gasteiger partial charge is 0.156 e. The lowest BCUT2D eigenvalue weighted by molar-refractivity contribution is -0.107. The number of rotatable bonds is 11. The van der Waals surface area contributed by atoms with Crippen molar-refractivity contribution < 1.29 is 9.47 Å². The Morgan fingerprint density at radius 2 is 1.39 bits per heavy atom. The minimum atomic E-state index is -0.0242. The summed E-state index contributed by atoms with van der Waals surface area (Å²) in [5.41, 5.74) is 5.89. The van der Waals surface area contributed by atoms with Gasteiger partial charge in [0.05, 0.1) is 0 Å². The highest BCUT2D eigenvalue weighted by molar-refractivity contribution is 7.27. The van der Waals surface area contributed by atoms with Crippen LogP contribution in [0, 0.1) is 20.8 Å². The van der Waals surface area contributed by atoms with E-state index in [2.05, 4.69) is 36.1 Å².